The van der Waals surface area contributed by atoms with Crippen molar-refractivity contribution in [2.45, 2.75) is 32.1 Å². The molecule has 2 aromatic rings. The predicted molar refractivity (Wildman–Crippen MR) is 70.4 cm³/mol. The van der Waals surface area contributed by atoms with E-state index in [2.05, 4.69) is 10.2 Å². The second-order valence-electron chi connectivity index (χ2n) is 4.54. The van der Waals surface area contributed by atoms with Crippen molar-refractivity contribution in [1.29, 1.82) is 0 Å². The van der Waals surface area contributed by atoms with Crippen LogP contribution in [0.25, 0.3) is 0 Å². The van der Waals surface area contributed by atoms with Crippen molar-refractivity contribution < 1.29 is 19.4 Å². The number of aromatic hydroxyl groups is 1. The van der Waals surface area contributed by atoms with Gasteiger partial charge in [-0.2, -0.15) is 0 Å². The van der Waals surface area contributed by atoms with Crippen LogP contribution < -0.4 is 0 Å². The lowest BCUT2D eigenvalue weighted by atomic mass is 10.1. The molecule has 0 spiro atoms. The average molecular weight is 276 g/mol. The van der Waals surface area contributed by atoms with Crippen molar-refractivity contribution in [2.24, 2.45) is 0 Å². The molecule has 1 aromatic heterocycles. The van der Waals surface area contributed by atoms with E-state index in [1.54, 1.807) is 18.2 Å². The fraction of sp³-hybridized carbons (Fsp3) is 0.357. The van der Waals surface area contributed by atoms with Gasteiger partial charge in [0, 0.05) is 12.8 Å². The van der Waals surface area contributed by atoms with E-state index in [0.29, 0.717) is 37.5 Å². The van der Waals surface area contributed by atoms with Crippen LogP contribution in [0.15, 0.2) is 28.7 Å². The summed E-state index contributed by atoms with van der Waals surface area (Å²) in [6.07, 6.45) is 2.51. The van der Waals surface area contributed by atoms with Crippen molar-refractivity contribution in [2.75, 3.05) is 0 Å². The Labute approximate surface area is 116 Å². The standard InChI is InChI=1S/C14H16N2O4/c17-11-5-3-4-10(8-11)9-13-16-15-12(20-13)6-1-2-7-14(18)19/h3-5,8,17H,1-2,6-7,9H2,(H,18,19). The Morgan fingerprint density at radius 1 is 1.20 bits per heavy atom. The fourth-order valence-corrected chi connectivity index (χ4v) is 1.85. The average Bonchev–Trinajstić information content (AvgIpc) is 2.82. The zero-order chi connectivity index (χ0) is 14.4. The minimum Gasteiger partial charge on any atom is -0.508 e. The number of unbranched alkanes of at least 4 members (excludes halogenated alkanes) is 1. The van der Waals surface area contributed by atoms with Gasteiger partial charge in [-0.15, -0.1) is 10.2 Å². The Kier molecular flexibility index (Phi) is 4.70. The van der Waals surface area contributed by atoms with Crippen molar-refractivity contribution >= 4 is 5.97 Å². The van der Waals surface area contributed by atoms with Crippen molar-refractivity contribution in [3.63, 3.8) is 0 Å². The molecule has 0 atom stereocenters. The zero-order valence-corrected chi connectivity index (χ0v) is 11.0. The number of carbonyl (C=O) groups is 1. The van der Waals surface area contributed by atoms with Crippen LogP contribution in [-0.2, 0) is 17.6 Å². The molecule has 2 rings (SSSR count). The van der Waals surface area contributed by atoms with Crippen molar-refractivity contribution in [3.8, 4) is 5.75 Å². The molecule has 1 heterocycles. The lowest BCUT2D eigenvalue weighted by molar-refractivity contribution is -0.137. The number of hydrogen-bond acceptors (Lipinski definition) is 5. The molecule has 0 aliphatic heterocycles. The molecule has 0 unspecified atom stereocenters. The maximum atomic E-state index is 10.4. The van der Waals surface area contributed by atoms with Gasteiger partial charge >= 0.3 is 5.97 Å². The van der Waals surface area contributed by atoms with Crippen LogP contribution in [-0.4, -0.2) is 26.4 Å². The van der Waals surface area contributed by atoms with Gasteiger partial charge in [0.05, 0.1) is 6.42 Å². The largest absolute Gasteiger partial charge is 0.508 e. The summed E-state index contributed by atoms with van der Waals surface area (Å²) in [7, 11) is 0. The lowest BCUT2D eigenvalue weighted by Crippen LogP contribution is -1.95. The first-order valence-corrected chi connectivity index (χ1v) is 6.44. The van der Waals surface area contributed by atoms with Gasteiger partial charge in [0.2, 0.25) is 11.8 Å². The number of phenolic OH excluding ortho intramolecular Hbond substituents is 1. The molecule has 0 radical (unpaired) electrons. The molecule has 1 aromatic carbocycles. The first kappa shape index (κ1) is 14.0. The SMILES string of the molecule is O=C(O)CCCCc1nnc(Cc2cccc(O)c2)o1. The molecule has 0 saturated heterocycles. The van der Waals surface area contributed by atoms with Crippen LogP contribution in [0.5, 0.6) is 5.75 Å². The molecule has 6 heteroatoms. The number of hydrogen-bond donors (Lipinski definition) is 2. The summed E-state index contributed by atoms with van der Waals surface area (Å²) >= 11 is 0. The van der Waals surface area contributed by atoms with E-state index in [0.717, 1.165) is 5.56 Å². The summed E-state index contributed by atoms with van der Waals surface area (Å²) in [5, 5.41) is 25.8. The highest BCUT2D eigenvalue weighted by molar-refractivity contribution is 5.66. The van der Waals surface area contributed by atoms with E-state index in [-0.39, 0.29) is 12.2 Å². The molecular formula is C14H16N2O4. The Morgan fingerprint density at radius 3 is 2.75 bits per heavy atom. The molecular weight excluding hydrogens is 260 g/mol. The molecule has 2 N–H and O–H groups in total. The molecule has 0 aliphatic rings. The quantitative estimate of drug-likeness (QED) is 0.752. The Hall–Kier alpha value is -2.37. The van der Waals surface area contributed by atoms with Gasteiger partial charge in [-0.25, -0.2) is 0 Å². The van der Waals surface area contributed by atoms with Crippen LogP contribution in [0.1, 0.15) is 36.6 Å². The number of benzene rings is 1. The first-order valence-electron chi connectivity index (χ1n) is 6.44. The minimum atomic E-state index is -0.792. The third-order valence-electron chi connectivity index (χ3n) is 2.81. The topological polar surface area (TPSA) is 96.5 Å². The zero-order valence-electron chi connectivity index (χ0n) is 11.0. The molecule has 0 fully saturated rings. The van der Waals surface area contributed by atoms with Gasteiger partial charge in [-0.3, -0.25) is 4.79 Å². The lowest BCUT2D eigenvalue weighted by Gasteiger charge is -1.97. The van der Waals surface area contributed by atoms with E-state index >= 15 is 0 Å². The molecule has 0 amide bonds. The van der Waals surface area contributed by atoms with Crippen molar-refractivity contribution in [1.82, 2.24) is 10.2 Å². The second-order valence-corrected chi connectivity index (χ2v) is 4.54. The normalized spacial score (nSPS) is 10.6. The highest BCUT2D eigenvalue weighted by Crippen LogP contribution is 2.15. The second kappa shape index (κ2) is 6.70. The predicted octanol–water partition coefficient (Wildman–Crippen LogP) is 2.16. The molecule has 0 bridgehead atoms. The highest BCUT2D eigenvalue weighted by Gasteiger charge is 2.07. The number of aryl methyl sites for hydroxylation is 1. The highest BCUT2D eigenvalue weighted by atomic mass is 16.4. The van der Waals surface area contributed by atoms with Gasteiger partial charge < -0.3 is 14.6 Å². The number of aliphatic carboxylic acids is 1. The van der Waals surface area contributed by atoms with Crippen molar-refractivity contribution in [3.05, 3.63) is 41.6 Å². The number of carboxylic acids is 1. The summed E-state index contributed by atoms with van der Waals surface area (Å²) in [6.45, 7) is 0. The third-order valence-corrected chi connectivity index (χ3v) is 2.81. The van der Waals surface area contributed by atoms with E-state index in [1.165, 1.54) is 0 Å². The van der Waals surface area contributed by atoms with Crippen LogP contribution in [0, 0.1) is 0 Å². The molecule has 106 valence electrons. The summed E-state index contributed by atoms with van der Waals surface area (Å²) < 4.78 is 5.48. The minimum absolute atomic E-state index is 0.157. The van der Waals surface area contributed by atoms with E-state index in [1.807, 2.05) is 6.07 Å². The Morgan fingerprint density at radius 2 is 2.00 bits per heavy atom. The number of rotatable bonds is 7. The van der Waals surface area contributed by atoms with E-state index in [4.69, 9.17) is 9.52 Å². The van der Waals surface area contributed by atoms with Gasteiger partial charge in [0.1, 0.15) is 5.75 Å². The summed E-state index contributed by atoms with van der Waals surface area (Å²) in [5.41, 5.74) is 0.895. The van der Waals surface area contributed by atoms with Gasteiger partial charge in [-0.05, 0) is 30.5 Å². The van der Waals surface area contributed by atoms with Crippen LogP contribution in [0.2, 0.25) is 0 Å². The Bertz CT molecular complexity index is 580. The molecule has 6 nitrogen and oxygen atoms in total. The van der Waals surface area contributed by atoms with E-state index < -0.39 is 5.97 Å². The fourth-order valence-electron chi connectivity index (χ4n) is 1.85. The maximum absolute atomic E-state index is 10.4. The number of aromatic nitrogens is 2. The molecule has 20 heavy (non-hydrogen) atoms. The first-order chi connectivity index (χ1) is 9.63. The smallest absolute Gasteiger partial charge is 0.303 e. The third kappa shape index (κ3) is 4.38. The summed E-state index contributed by atoms with van der Waals surface area (Å²) in [4.78, 5) is 10.4. The summed E-state index contributed by atoms with van der Waals surface area (Å²) in [6, 6.07) is 6.88. The van der Waals surface area contributed by atoms with Crippen LogP contribution >= 0.6 is 0 Å². The number of nitrogens with zero attached hydrogens (tertiary/aromatic N) is 2. The van der Waals surface area contributed by atoms with Crippen LogP contribution in [0.3, 0.4) is 0 Å². The van der Waals surface area contributed by atoms with Crippen LogP contribution in [0.4, 0.5) is 0 Å². The Balaban J connectivity index is 1.84. The van der Waals surface area contributed by atoms with E-state index in [9.17, 15) is 9.90 Å². The monoisotopic (exact) mass is 276 g/mol. The van der Waals surface area contributed by atoms with Gasteiger partial charge in [0.25, 0.3) is 0 Å². The maximum Gasteiger partial charge on any atom is 0.303 e. The number of phenols is 1. The molecule has 0 saturated carbocycles. The summed E-state index contributed by atoms with van der Waals surface area (Å²) in [5.74, 6) is 0.422. The number of carboxylic acid groups (broad SMARTS) is 1. The van der Waals surface area contributed by atoms with Gasteiger partial charge in [0.15, 0.2) is 0 Å². The van der Waals surface area contributed by atoms with Gasteiger partial charge in [-0.1, -0.05) is 12.1 Å². The molecule has 0 aliphatic carbocycles.